The molecule has 1 fully saturated rings. The standard InChI is InChI=1S/C21H33N3O3/c1-5-23(15(3)4)13-16-7-9-17(10-8-16)21(27)22-18-11-19(12-18)24(6-2)14-20(25)26/h7-10,15,18-19H,5-6,11-14H2,1-4H3,(H,22,27)(H,25,26). The molecule has 1 aromatic carbocycles. The summed E-state index contributed by atoms with van der Waals surface area (Å²) in [7, 11) is 0. The van der Waals surface area contributed by atoms with E-state index in [2.05, 4.69) is 31.0 Å². The second kappa shape index (κ2) is 9.85. The van der Waals surface area contributed by atoms with Crippen LogP contribution >= 0.6 is 0 Å². The van der Waals surface area contributed by atoms with E-state index in [1.165, 1.54) is 5.56 Å². The van der Waals surface area contributed by atoms with Gasteiger partial charge in [0.1, 0.15) is 0 Å². The molecule has 0 spiro atoms. The van der Waals surface area contributed by atoms with E-state index in [0.29, 0.717) is 18.2 Å². The summed E-state index contributed by atoms with van der Waals surface area (Å²) < 4.78 is 0. The molecule has 0 bridgehead atoms. The molecule has 1 aromatic rings. The van der Waals surface area contributed by atoms with Crippen LogP contribution in [0.2, 0.25) is 0 Å². The molecule has 0 atom stereocenters. The Balaban J connectivity index is 1.82. The van der Waals surface area contributed by atoms with Crippen LogP contribution in [0.4, 0.5) is 0 Å². The van der Waals surface area contributed by atoms with E-state index in [4.69, 9.17) is 5.11 Å². The molecule has 2 N–H and O–H groups in total. The van der Waals surface area contributed by atoms with Gasteiger partial charge in [-0.3, -0.25) is 19.4 Å². The van der Waals surface area contributed by atoms with Crippen molar-refractivity contribution < 1.29 is 14.7 Å². The highest BCUT2D eigenvalue weighted by Crippen LogP contribution is 2.26. The molecule has 6 heteroatoms. The minimum Gasteiger partial charge on any atom is -0.480 e. The van der Waals surface area contributed by atoms with Gasteiger partial charge >= 0.3 is 5.97 Å². The molecule has 2 rings (SSSR count). The zero-order valence-corrected chi connectivity index (χ0v) is 16.9. The summed E-state index contributed by atoms with van der Waals surface area (Å²) in [4.78, 5) is 27.7. The zero-order chi connectivity index (χ0) is 20.0. The summed E-state index contributed by atoms with van der Waals surface area (Å²) in [6.07, 6.45) is 1.62. The van der Waals surface area contributed by atoms with Crippen LogP contribution in [0.25, 0.3) is 0 Å². The van der Waals surface area contributed by atoms with Crippen LogP contribution < -0.4 is 5.32 Å². The number of nitrogens with one attached hydrogen (secondary N) is 1. The summed E-state index contributed by atoms with van der Waals surface area (Å²) >= 11 is 0. The van der Waals surface area contributed by atoms with Crippen molar-refractivity contribution in [2.24, 2.45) is 0 Å². The Morgan fingerprint density at radius 3 is 2.26 bits per heavy atom. The number of carbonyl (C=O) groups excluding carboxylic acids is 1. The lowest BCUT2D eigenvalue weighted by atomic mass is 9.85. The first-order chi connectivity index (χ1) is 12.8. The molecule has 1 amide bonds. The molecule has 0 radical (unpaired) electrons. The Kier molecular flexibility index (Phi) is 7.80. The Hall–Kier alpha value is -1.92. The summed E-state index contributed by atoms with van der Waals surface area (Å²) in [6, 6.07) is 8.68. The molecule has 0 heterocycles. The van der Waals surface area contributed by atoms with Crippen LogP contribution in [-0.4, -0.2) is 64.5 Å². The van der Waals surface area contributed by atoms with E-state index in [1.807, 2.05) is 36.1 Å². The highest BCUT2D eigenvalue weighted by atomic mass is 16.4. The van der Waals surface area contributed by atoms with Gasteiger partial charge in [0.2, 0.25) is 0 Å². The molecule has 0 unspecified atom stereocenters. The van der Waals surface area contributed by atoms with Crippen molar-refractivity contribution in [1.29, 1.82) is 0 Å². The van der Waals surface area contributed by atoms with Crippen LogP contribution in [0.15, 0.2) is 24.3 Å². The molecule has 6 nitrogen and oxygen atoms in total. The minimum absolute atomic E-state index is 0.0532. The van der Waals surface area contributed by atoms with Crippen LogP contribution in [0.3, 0.4) is 0 Å². The lowest BCUT2D eigenvalue weighted by Gasteiger charge is -2.42. The Bertz CT molecular complexity index is 624. The first-order valence-corrected chi connectivity index (χ1v) is 9.93. The minimum atomic E-state index is -0.802. The average Bonchev–Trinajstić information content (AvgIpc) is 2.60. The van der Waals surface area contributed by atoms with Crippen molar-refractivity contribution >= 4 is 11.9 Å². The summed E-state index contributed by atoms with van der Waals surface area (Å²) in [6.45, 7) is 11.2. The number of likely N-dealkylation sites (N-methyl/N-ethyl adjacent to an activating group) is 1. The number of hydrogen-bond donors (Lipinski definition) is 2. The van der Waals surface area contributed by atoms with Gasteiger partial charge in [0.25, 0.3) is 5.91 Å². The van der Waals surface area contributed by atoms with E-state index in [0.717, 1.165) is 25.9 Å². The first kappa shape index (κ1) is 21.4. The molecular weight excluding hydrogens is 342 g/mol. The smallest absolute Gasteiger partial charge is 0.317 e. The van der Waals surface area contributed by atoms with E-state index < -0.39 is 5.97 Å². The van der Waals surface area contributed by atoms with Crippen LogP contribution in [0.5, 0.6) is 0 Å². The number of carboxylic acids is 1. The predicted octanol–water partition coefficient (Wildman–Crippen LogP) is 2.58. The summed E-state index contributed by atoms with van der Waals surface area (Å²) in [5.74, 6) is -0.856. The number of nitrogens with zero attached hydrogens (tertiary/aromatic N) is 2. The predicted molar refractivity (Wildman–Crippen MR) is 107 cm³/mol. The SMILES string of the molecule is CCN(Cc1ccc(C(=O)NC2CC(N(CC)CC(=O)O)C2)cc1)C(C)C. The largest absolute Gasteiger partial charge is 0.480 e. The van der Waals surface area contributed by atoms with Crippen LogP contribution in [0.1, 0.15) is 56.5 Å². The molecule has 0 aliphatic heterocycles. The second-order valence-electron chi connectivity index (χ2n) is 7.61. The third-order valence-electron chi connectivity index (χ3n) is 5.45. The van der Waals surface area contributed by atoms with Crippen molar-refractivity contribution in [2.45, 2.75) is 65.2 Å². The lowest BCUT2D eigenvalue weighted by Crippen LogP contribution is -2.54. The van der Waals surface area contributed by atoms with Crippen molar-refractivity contribution in [3.05, 3.63) is 35.4 Å². The fourth-order valence-electron chi connectivity index (χ4n) is 3.60. The quantitative estimate of drug-likeness (QED) is 0.658. The number of hydrogen-bond acceptors (Lipinski definition) is 4. The van der Waals surface area contributed by atoms with E-state index in [1.54, 1.807) is 0 Å². The van der Waals surface area contributed by atoms with Crippen LogP contribution in [-0.2, 0) is 11.3 Å². The topological polar surface area (TPSA) is 72.9 Å². The number of benzene rings is 1. The Morgan fingerprint density at radius 1 is 1.15 bits per heavy atom. The molecule has 0 aromatic heterocycles. The third kappa shape index (κ3) is 6.04. The maximum absolute atomic E-state index is 12.4. The van der Waals surface area contributed by atoms with E-state index >= 15 is 0 Å². The highest BCUT2D eigenvalue weighted by molar-refractivity contribution is 5.94. The van der Waals surface area contributed by atoms with Gasteiger partial charge in [-0.15, -0.1) is 0 Å². The second-order valence-corrected chi connectivity index (χ2v) is 7.61. The van der Waals surface area contributed by atoms with Crippen LogP contribution in [0, 0.1) is 0 Å². The molecule has 1 aliphatic rings. The van der Waals surface area contributed by atoms with Gasteiger partial charge < -0.3 is 10.4 Å². The third-order valence-corrected chi connectivity index (χ3v) is 5.45. The van der Waals surface area contributed by atoms with Gasteiger partial charge in [0, 0.05) is 30.2 Å². The Labute approximate surface area is 162 Å². The molecule has 1 saturated carbocycles. The van der Waals surface area contributed by atoms with Gasteiger partial charge in [0.15, 0.2) is 0 Å². The number of carbonyl (C=O) groups is 2. The van der Waals surface area contributed by atoms with Crippen molar-refractivity contribution in [1.82, 2.24) is 15.1 Å². The number of aliphatic carboxylic acids is 1. The monoisotopic (exact) mass is 375 g/mol. The maximum Gasteiger partial charge on any atom is 0.317 e. The van der Waals surface area contributed by atoms with Crippen molar-refractivity contribution in [3.63, 3.8) is 0 Å². The molecule has 1 aliphatic carbocycles. The molecule has 27 heavy (non-hydrogen) atoms. The van der Waals surface area contributed by atoms with Gasteiger partial charge in [-0.05, 0) is 57.5 Å². The normalized spacial score (nSPS) is 19.4. The fourth-order valence-corrected chi connectivity index (χ4v) is 3.60. The highest BCUT2D eigenvalue weighted by Gasteiger charge is 2.34. The van der Waals surface area contributed by atoms with Gasteiger partial charge in [-0.1, -0.05) is 26.0 Å². The number of amides is 1. The Morgan fingerprint density at radius 2 is 1.78 bits per heavy atom. The van der Waals surface area contributed by atoms with E-state index in [-0.39, 0.29) is 24.5 Å². The van der Waals surface area contributed by atoms with Gasteiger partial charge in [-0.2, -0.15) is 0 Å². The van der Waals surface area contributed by atoms with Crippen molar-refractivity contribution in [3.8, 4) is 0 Å². The zero-order valence-electron chi connectivity index (χ0n) is 16.9. The van der Waals surface area contributed by atoms with Gasteiger partial charge in [0.05, 0.1) is 6.54 Å². The summed E-state index contributed by atoms with van der Waals surface area (Å²) in [5.41, 5.74) is 1.88. The number of rotatable bonds is 10. The van der Waals surface area contributed by atoms with E-state index in [9.17, 15) is 9.59 Å². The first-order valence-electron chi connectivity index (χ1n) is 9.93. The maximum atomic E-state index is 12.4. The fraction of sp³-hybridized carbons (Fsp3) is 0.619. The average molecular weight is 376 g/mol. The summed E-state index contributed by atoms with van der Waals surface area (Å²) in [5, 5.41) is 12.0. The van der Waals surface area contributed by atoms with Gasteiger partial charge in [-0.25, -0.2) is 0 Å². The number of carboxylic acid groups (broad SMARTS) is 1. The molecule has 150 valence electrons. The lowest BCUT2D eigenvalue weighted by molar-refractivity contribution is -0.139. The van der Waals surface area contributed by atoms with Crippen molar-refractivity contribution in [2.75, 3.05) is 19.6 Å². The molecular formula is C21H33N3O3. The molecule has 0 saturated heterocycles.